The van der Waals surface area contributed by atoms with Crippen LogP contribution in [0.15, 0.2) is 77.7 Å². The number of benzene rings is 3. The lowest BCUT2D eigenvalue weighted by atomic mass is 10.1. The third kappa shape index (κ3) is 3.42. The molecule has 6 heteroatoms. The Kier molecular flexibility index (Phi) is 4.38. The molecule has 4 nitrogen and oxygen atoms in total. The second-order valence-corrected chi connectivity index (χ2v) is 6.07. The maximum atomic E-state index is 14.5. The van der Waals surface area contributed by atoms with E-state index in [1.165, 1.54) is 6.07 Å². The van der Waals surface area contributed by atoms with E-state index < -0.39 is 17.3 Å². The van der Waals surface area contributed by atoms with E-state index in [0.29, 0.717) is 11.3 Å². The van der Waals surface area contributed by atoms with Crippen LogP contribution in [-0.4, -0.2) is 9.55 Å². The van der Waals surface area contributed by atoms with Gasteiger partial charge in [-0.2, -0.15) is 4.98 Å². The van der Waals surface area contributed by atoms with Gasteiger partial charge in [-0.25, -0.2) is 13.6 Å². The van der Waals surface area contributed by atoms with Gasteiger partial charge in [0.15, 0.2) is 11.6 Å². The predicted octanol–water partition coefficient (Wildman–Crippen LogP) is 4.28. The van der Waals surface area contributed by atoms with Crippen molar-refractivity contribution in [1.29, 1.82) is 0 Å². The van der Waals surface area contributed by atoms with E-state index in [2.05, 4.69) is 10.3 Å². The monoisotopic (exact) mass is 363 g/mol. The Bertz CT molecular complexity index is 1190. The SMILES string of the molecule is O=c1nc(NCc2ccccc2F)c(F)cn1-c1ccc2ccccc2c1. The summed E-state index contributed by atoms with van der Waals surface area (Å²) in [5, 5.41) is 4.63. The summed E-state index contributed by atoms with van der Waals surface area (Å²) >= 11 is 0. The fourth-order valence-electron chi connectivity index (χ4n) is 2.89. The zero-order valence-electron chi connectivity index (χ0n) is 14.2. The van der Waals surface area contributed by atoms with Gasteiger partial charge >= 0.3 is 5.69 Å². The topological polar surface area (TPSA) is 46.9 Å². The zero-order valence-corrected chi connectivity index (χ0v) is 14.2. The molecule has 0 radical (unpaired) electrons. The summed E-state index contributed by atoms with van der Waals surface area (Å²) in [7, 11) is 0. The lowest BCUT2D eigenvalue weighted by Crippen LogP contribution is -2.23. The van der Waals surface area contributed by atoms with Crippen molar-refractivity contribution in [3.05, 3.63) is 101 Å². The van der Waals surface area contributed by atoms with E-state index in [1.54, 1.807) is 30.3 Å². The summed E-state index contributed by atoms with van der Waals surface area (Å²) in [5.41, 5.74) is 0.255. The van der Waals surface area contributed by atoms with Crippen LogP contribution in [-0.2, 0) is 6.54 Å². The minimum atomic E-state index is -0.695. The van der Waals surface area contributed by atoms with Crippen LogP contribution in [0.3, 0.4) is 0 Å². The van der Waals surface area contributed by atoms with Gasteiger partial charge in [0.25, 0.3) is 0 Å². The molecular weight excluding hydrogens is 348 g/mol. The molecule has 4 aromatic rings. The van der Waals surface area contributed by atoms with E-state index in [-0.39, 0.29) is 12.4 Å². The molecule has 1 heterocycles. The molecule has 0 amide bonds. The zero-order chi connectivity index (χ0) is 18.8. The minimum absolute atomic E-state index is 0.0238. The van der Waals surface area contributed by atoms with Crippen molar-refractivity contribution in [2.24, 2.45) is 0 Å². The molecule has 0 saturated heterocycles. The van der Waals surface area contributed by atoms with Gasteiger partial charge in [0.05, 0.1) is 11.9 Å². The summed E-state index contributed by atoms with van der Waals surface area (Å²) in [6, 6.07) is 19.2. The van der Waals surface area contributed by atoms with Gasteiger partial charge in [-0.1, -0.05) is 48.5 Å². The molecule has 134 valence electrons. The Morgan fingerprint density at radius 3 is 2.44 bits per heavy atom. The van der Waals surface area contributed by atoms with Crippen LogP contribution in [0.5, 0.6) is 0 Å². The molecule has 27 heavy (non-hydrogen) atoms. The summed E-state index contributed by atoms with van der Waals surface area (Å²) in [6.07, 6.45) is 1.09. The Morgan fingerprint density at radius 2 is 1.63 bits per heavy atom. The Hall–Kier alpha value is -3.54. The van der Waals surface area contributed by atoms with Crippen molar-refractivity contribution in [3.8, 4) is 5.69 Å². The Balaban J connectivity index is 1.65. The van der Waals surface area contributed by atoms with Crippen molar-refractivity contribution in [2.45, 2.75) is 6.54 Å². The maximum Gasteiger partial charge on any atom is 0.354 e. The second kappa shape index (κ2) is 6.99. The average Bonchev–Trinajstić information content (AvgIpc) is 2.69. The van der Waals surface area contributed by atoms with Gasteiger partial charge in [0.1, 0.15) is 5.82 Å². The summed E-state index contributed by atoms with van der Waals surface area (Å²) < 4.78 is 29.3. The second-order valence-electron chi connectivity index (χ2n) is 6.07. The quantitative estimate of drug-likeness (QED) is 0.589. The summed E-state index contributed by atoms with van der Waals surface area (Å²) in [5.74, 6) is -1.31. The van der Waals surface area contributed by atoms with Gasteiger partial charge in [-0.15, -0.1) is 0 Å². The maximum absolute atomic E-state index is 14.5. The highest BCUT2D eigenvalue weighted by Gasteiger charge is 2.11. The number of rotatable bonds is 4. The summed E-state index contributed by atoms with van der Waals surface area (Å²) in [6.45, 7) is 0.0238. The van der Waals surface area contributed by atoms with Gasteiger partial charge in [-0.3, -0.25) is 4.57 Å². The first-order chi connectivity index (χ1) is 13.1. The van der Waals surface area contributed by atoms with Crippen molar-refractivity contribution in [1.82, 2.24) is 9.55 Å². The van der Waals surface area contributed by atoms with Crippen LogP contribution in [0.25, 0.3) is 16.5 Å². The molecule has 3 aromatic carbocycles. The molecule has 0 bridgehead atoms. The minimum Gasteiger partial charge on any atom is -0.363 e. The van der Waals surface area contributed by atoms with Crippen LogP contribution in [0.1, 0.15) is 5.56 Å². The molecule has 0 aliphatic rings. The predicted molar refractivity (Wildman–Crippen MR) is 101 cm³/mol. The molecule has 0 spiro atoms. The number of hydrogen-bond donors (Lipinski definition) is 1. The molecule has 4 rings (SSSR count). The van der Waals surface area contributed by atoms with Crippen LogP contribution >= 0.6 is 0 Å². The standard InChI is InChI=1S/C21H15F2N3O/c22-18-8-4-3-7-16(18)12-24-20-19(23)13-26(21(27)25-20)17-10-9-14-5-1-2-6-15(14)11-17/h1-11,13H,12H2,(H,24,25,27). The van der Waals surface area contributed by atoms with E-state index in [4.69, 9.17) is 0 Å². The van der Waals surface area contributed by atoms with Crippen molar-refractivity contribution in [3.63, 3.8) is 0 Å². The van der Waals surface area contributed by atoms with Crippen molar-refractivity contribution in [2.75, 3.05) is 5.32 Å². The number of fused-ring (bicyclic) bond motifs is 1. The number of nitrogens with zero attached hydrogens (tertiary/aromatic N) is 2. The van der Waals surface area contributed by atoms with Gasteiger partial charge in [-0.05, 0) is 29.0 Å². The highest BCUT2D eigenvalue weighted by molar-refractivity contribution is 5.84. The molecule has 0 unspecified atom stereocenters. The fourth-order valence-corrected chi connectivity index (χ4v) is 2.89. The smallest absolute Gasteiger partial charge is 0.354 e. The number of anilines is 1. The van der Waals surface area contributed by atoms with Gasteiger partial charge in [0.2, 0.25) is 0 Å². The highest BCUT2D eigenvalue weighted by atomic mass is 19.1. The summed E-state index contributed by atoms with van der Waals surface area (Å²) in [4.78, 5) is 16.2. The van der Waals surface area contributed by atoms with E-state index in [9.17, 15) is 13.6 Å². The third-order valence-corrected chi connectivity index (χ3v) is 4.30. The molecule has 1 N–H and O–H groups in total. The molecule has 0 fully saturated rings. The molecule has 1 aromatic heterocycles. The first-order valence-corrected chi connectivity index (χ1v) is 8.37. The number of aromatic nitrogens is 2. The fraction of sp³-hybridized carbons (Fsp3) is 0.0476. The van der Waals surface area contributed by atoms with Crippen molar-refractivity contribution >= 4 is 16.6 Å². The van der Waals surface area contributed by atoms with Crippen LogP contribution in [0.4, 0.5) is 14.6 Å². The van der Waals surface area contributed by atoms with Gasteiger partial charge < -0.3 is 5.32 Å². The van der Waals surface area contributed by atoms with Crippen LogP contribution < -0.4 is 11.0 Å². The Morgan fingerprint density at radius 1 is 0.889 bits per heavy atom. The number of hydrogen-bond acceptors (Lipinski definition) is 3. The molecule has 0 atom stereocenters. The van der Waals surface area contributed by atoms with Crippen LogP contribution in [0.2, 0.25) is 0 Å². The van der Waals surface area contributed by atoms with Crippen LogP contribution in [0, 0.1) is 11.6 Å². The van der Waals surface area contributed by atoms with E-state index in [1.807, 2.05) is 30.3 Å². The number of halogens is 2. The molecule has 0 aliphatic carbocycles. The van der Waals surface area contributed by atoms with E-state index in [0.717, 1.165) is 21.5 Å². The molecular formula is C21H15F2N3O. The molecule has 0 aliphatic heterocycles. The average molecular weight is 363 g/mol. The highest BCUT2D eigenvalue weighted by Crippen LogP contribution is 2.19. The largest absolute Gasteiger partial charge is 0.363 e. The Labute approximate surface area is 153 Å². The normalized spacial score (nSPS) is 10.9. The van der Waals surface area contributed by atoms with Crippen molar-refractivity contribution < 1.29 is 8.78 Å². The third-order valence-electron chi connectivity index (χ3n) is 4.30. The number of nitrogens with one attached hydrogen (secondary N) is 1. The van der Waals surface area contributed by atoms with E-state index >= 15 is 0 Å². The molecule has 0 saturated carbocycles. The first-order valence-electron chi connectivity index (χ1n) is 8.37. The van der Waals surface area contributed by atoms with Gasteiger partial charge in [0, 0.05) is 12.1 Å². The lowest BCUT2D eigenvalue weighted by molar-refractivity contribution is 0.599. The lowest BCUT2D eigenvalue weighted by Gasteiger charge is -2.11. The first kappa shape index (κ1) is 16.9.